The fraction of sp³-hybridized carbons (Fsp3) is 0.286. The van der Waals surface area contributed by atoms with Gasteiger partial charge in [0.25, 0.3) is 5.91 Å². The van der Waals surface area contributed by atoms with Gasteiger partial charge in [0.15, 0.2) is 0 Å². The monoisotopic (exact) mass is 383 g/mol. The summed E-state index contributed by atoms with van der Waals surface area (Å²) in [5, 5.41) is 2.75. The number of benzene rings is 2. The molecular formula is C21H22FN3O3. The molecule has 3 rings (SSSR count). The van der Waals surface area contributed by atoms with E-state index in [4.69, 9.17) is 4.74 Å². The molecule has 1 heterocycles. The smallest absolute Gasteiger partial charge is 0.275 e. The van der Waals surface area contributed by atoms with Crippen molar-refractivity contribution in [3.8, 4) is 5.75 Å². The molecule has 146 valence electrons. The van der Waals surface area contributed by atoms with Crippen LogP contribution in [0.15, 0.2) is 53.5 Å². The van der Waals surface area contributed by atoms with E-state index >= 15 is 0 Å². The summed E-state index contributed by atoms with van der Waals surface area (Å²) in [5.74, 6) is -0.252. The van der Waals surface area contributed by atoms with Crippen molar-refractivity contribution in [1.29, 1.82) is 0 Å². The van der Waals surface area contributed by atoms with Crippen molar-refractivity contribution in [3.05, 3.63) is 65.5 Å². The number of aliphatic imine (C=N–C) groups is 1. The van der Waals surface area contributed by atoms with Crippen molar-refractivity contribution in [2.75, 3.05) is 13.7 Å². The van der Waals surface area contributed by atoms with E-state index in [0.717, 1.165) is 5.56 Å². The zero-order valence-corrected chi connectivity index (χ0v) is 16.0. The zero-order chi connectivity index (χ0) is 20.3. The van der Waals surface area contributed by atoms with Crippen molar-refractivity contribution in [3.63, 3.8) is 0 Å². The number of nitrogens with one attached hydrogen (secondary N) is 1. The summed E-state index contributed by atoms with van der Waals surface area (Å²) in [7, 11) is 1.57. The van der Waals surface area contributed by atoms with Crippen LogP contribution in [-0.4, -0.2) is 41.7 Å². The number of carbonyl (C=O) groups excluding carboxylic acids is 2. The second kappa shape index (κ2) is 7.80. The lowest BCUT2D eigenvalue weighted by Gasteiger charge is -2.28. The van der Waals surface area contributed by atoms with E-state index in [-0.39, 0.29) is 30.7 Å². The van der Waals surface area contributed by atoms with E-state index in [0.29, 0.717) is 17.0 Å². The molecule has 2 amide bonds. The topological polar surface area (TPSA) is 71.0 Å². The molecule has 0 atom stereocenters. The third-order valence-corrected chi connectivity index (χ3v) is 4.56. The van der Waals surface area contributed by atoms with Crippen LogP contribution in [0.25, 0.3) is 0 Å². The van der Waals surface area contributed by atoms with Gasteiger partial charge in [-0.25, -0.2) is 4.39 Å². The Kier molecular flexibility index (Phi) is 5.44. The van der Waals surface area contributed by atoms with Gasteiger partial charge in [0.05, 0.1) is 7.11 Å². The minimum Gasteiger partial charge on any atom is -0.497 e. The van der Waals surface area contributed by atoms with E-state index in [1.54, 1.807) is 57.4 Å². The molecule has 0 saturated carbocycles. The number of hydrogen-bond acceptors (Lipinski definition) is 4. The van der Waals surface area contributed by atoms with E-state index in [2.05, 4.69) is 10.3 Å². The maximum Gasteiger partial charge on any atom is 0.275 e. The summed E-state index contributed by atoms with van der Waals surface area (Å²) in [4.78, 5) is 31.2. The predicted octanol–water partition coefficient (Wildman–Crippen LogP) is 2.52. The average molecular weight is 383 g/mol. The summed E-state index contributed by atoms with van der Waals surface area (Å²) < 4.78 is 18.1. The standard InChI is InChI=1S/C21H22FN3O3/c1-21(2)24-19(15-6-10-17(28-3)11-7-15)20(27)25(21)13-18(26)23-12-14-4-8-16(22)9-5-14/h4-11H,12-13H2,1-3H3,(H,23,26). The van der Waals surface area contributed by atoms with Crippen LogP contribution >= 0.6 is 0 Å². The van der Waals surface area contributed by atoms with Crippen LogP contribution in [0.3, 0.4) is 0 Å². The highest BCUT2D eigenvalue weighted by Gasteiger charge is 2.41. The van der Waals surface area contributed by atoms with E-state index in [1.165, 1.54) is 17.0 Å². The molecule has 2 aromatic carbocycles. The summed E-state index contributed by atoms with van der Waals surface area (Å²) in [6.07, 6.45) is 0. The molecule has 6 nitrogen and oxygen atoms in total. The van der Waals surface area contributed by atoms with Gasteiger partial charge in [0.2, 0.25) is 5.91 Å². The number of amides is 2. The number of carbonyl (C=O) groups is 2. The first-order valence-corrected chi connectivity index (χ1v) is 8.87. The van der Waals surface area contributed by atoms with Gasteiger partial charge in [-0.05, 0) is 55.8 Å². The number of hydrogen-bond donors (Lipinski definition) is 1. The molecule has 1 N–H and O–H groups in total. The highest BCUT2D eigenvalue weighted by molar-refractivity contribution is 6.47. The molecule has 0 bridgehead atoms. The van der Waals surface area contributed by atoms with Crippen molar-refractivity contribution in [2.45, 2.75) is 26.1 Å². The van der Waals surface area contributed by atoms with Gasteiger partial charge < -0.3 is 15.0 Å². The fourth-order valence-corrected chi connectivity index (χ4v) is 2.96. The number of rotatable bonds is 6. The molecule has 0 aromatic heterocycles. The molecule has 0 aliphatic carbocycles. The Morgan fingerprint density at radius 2 is 1.79 bits per heavy atom. The van der Waals surface area contributed by atoms with E-state index in [1.807, 2.05) is 0 Å². The first kappa shape index (κ1) is 19.5. The molecule has 0 unspecified atom stereocenters. The molecule has 7 heteroatoms. The SMILES string of the molecule is COc1ccc(C2=NC(C)(C)N(CC(=O)NCc3ccc(F)cc3)C2=O)cc1. The maximum absolute atomic E-state index is 13.0. The summed E-state index contributed by atoms with van der Waals surface area (Å²) >= 11 is 0. The van der Waals surface area contributed by atoms with E-state index < -0.39 is 5.66 Å². The molecule has 0 radical (unpaired) electrons. The van der Waals surface area contributed by atoms with Crippen molar-refractivity contribution >= 4 is 17.5 Å². The first-order valence-electron chi connectivity index (χ1n) is 8.87. The van der Waals surface area contributed by atoms with Crippen LogP contribution in [0.2, 0.25) is 0 Å². The van der Waals surface area contributed by atoms with Crippen LogP contribution in [0.5, 0.6) is 5.75 Å². The average Bonchev–Trinajstić information content (AvgIpc) is 2.91. The third kappa shape index (κ3) is 4.19. The van der Waals surface area contributed by atoms with E-state index in [9.17, 15) is 14.0 Å². The van der Waals surface area contributed by atoms with Gasteiger partial charge in [-0.1, -0.05) is 12.1 Å². The summed E-state index contributed by atoms with van der Waals surface area (Å²) in [6, 6.07) is 12.9. The highest BCUT2D eigenvalue weighted by atomic mass is 19.1. The van der Waals surface area contributed by atoms with Crippen LogP contribution in [0.4, 0.5) is 4.39 Å². The number of methoxy groups -OCH3 is 1. The second-order valence-corrected chi connectivity index (χ2v) is 6.98. The Labute approximate surface area is 163 Å². The van der Waals surface area contributed by atoms with Gasteiger partial charge in [-0.3, -0.25) is 14.6 Å². The summed E-state index contributed by atoms with van der Waals surface area (Å²) in [6.45, 7) is 3.72. The van der Waals surface area contributed by atoms with Gasteiger partial charge in [0, 0.05) is 12.1 Å². The normalized spacial score (nSPS) is 15.4. The Morgan fingerprint density at radius 1 is 1.14 bits per heavy atom. The lowest BCUT2D eigenvalue weighted by Crippen LogP contribution is -2.48. The second-order valence-electron chi connectivity index (χ2n) is 6.98. The molecular weight excluding hydrogens is 361 g/mol. The van der Waals surface area contributed by atoms with Crippen LogP contribution < -0.4 is 10.1 Å². The van der Waals surface area contributed by atoms with Crippen LogP contribution in [0, 0.1) is 5.82 Å². The van der Waals surface area contributed by atoms with Crippen molar-refractivity contribution in [1.82, 2.24) is 10.2 Å². The molecule has 1 aliphatic rings. The molecule has 0 saturated heterocycles. The van der Waals surface area contributed by atoms with Gasteiger partial charge in [-0.15, -0.1) is 0 Å². The lowest BCUT2D eigenvalue weighted by molar-refractivity contribution is -0.134. The minimum absolute atomic E-state index is 0.115. The minimum atomic E-state index is -0.834. The Balaban J connectivity index is 1.66. The first-order chi connectivity index (χ1) is 13.3. The van der Waals surface area contributed by atoms with Gasteiger partial charge in [0.1, 0.15) is 29.5 Å². The van der Waals surface area contributed by atoms with Crippen LogP contribution in [0.1, 0.15) is 25.0 Å². The summed E-state index contributed by atoms with van der Waals surface area (Å²) in [5.41, 5.74) is 0.934. The van der Waals surface area contributed by atoms with Gasteiger partial charge in [-0.2, -0.15) is 0 Å². The highest BCUT2D eigenvalue weighted by Crippen LogP contribution is 2.26. The molecule has 0 spiro atoms. The maximum atomic E-state index is 13.0. The van der Waals surface area contributed by atoms with Crippen molar-refractivity contribution < 1.29 is 18.7 Å². The van der Waals surface area contributed by atoms with Crippen LogP contribution in [-0.2, 0) is 16.1 Å². The Hall–Kier alpha value is -3.22. The predicted molar refractivity (Wildman–Crippen MR) is 104 cm³/mol. The quantitative estimate of drug-likeness (QED) is 0.833. The molecule has 0 fully saturated rings. The zero-order valence-electron chi connectivity index (χ0n) is 16.0. The third-order valence-electron chi connectivity index (χ3n) is 4.56. The largest absolute Gasteiger partial charge is 0.497 e. The Morgan fingerprint density at radius 3 is 2.39 bits per heavy atom. The number of nitrogens with zero attached hydrogens (tertiary/aromatic N) is 2. The molecule has 28 heavy (non-hydrogen) atoms. The number of halogens is 1. The van der Waals surface area contributed by atoms with Crippen molar-refractivity contribution in [2.24, 2.45) is 4.99 Å². The number of ether oxygens (including phenoxy) is 1. The molecule has 2 aromatic rings. The Bertz CT molecular complexity index is 905. The lowest BCUT2D eigenvalue weighted by atomic mass is 10.1. The fourth-order valence-electron chi connectivity index (χ4n) is 2.96. The molecule has 1 aliphatic heterocycles. The van der Waals surface area contributed by atoms with Gasteiger partial charge >= 0.3 is 0 Å².